The second kappa shape index (κ2) is 6.37. The zero-order chi connectivity index (χ0) is 18.1. The Bertz CT molecular complexity index is 839. The maximum Gasteiger partial charge on any atom is 0.256 e. The Morgan fingerprint density at radius 3 is 2.84 bits per heavy atom. The van der Waals surface area contributed by atoms with Crippen LogP contribution in [-0.2, 0) is 20.9 Å². The number of nitrogens with zero attached hydrogens (tertiary/aromatic N) is 2. The van der Waals surface area contributed by atoms with Crippen LogP contribution in [0, 0.1) is 0 Å². The van der Waals surface area contributed by atoms with E-state index in [1.165, 1.54) is 18.0 Å². The van der Waals surface area contributed by atoms with Crippen molar-refractivity contribution >= 4 is 29.3 Å². The molecule has 25 heavy (non-hydrogen) atoms. The summed E-state index contributed by atoms with van der Waals surface area (Å²) in [5, 5.41) is 2.66. The van der Waals surface area contributed by atoms with Crippen molar-refractivity contribution in [2.45, 2.75) is 25.4 Å². The molecule has 0 bridgehead atoms. The standard InChI is InChI=1S/C18H17N3O4/c1-3-4-15(22)19-12-5-6-13-11(9-12)10-21(17(13)24)14-7-8-16(23)20(2)18(14)25/h4-6,9,14H,1,7-8,10H2,2H3,(H,19,22). The average molecular weight is 339 g/mol. The van der Waals surface area contributed by atoms with Crippen molar-refractivity contribution in [1.29, 1.82) is 0 Å². The van der Waals surface area contributed by atoms with Gasteiger partial charge in [0.15, 0.2) is 0 Å². The van der Waals surface area contributed by atoms with Crippen molar-refractivity contribution in [1.82, 2.24) is 9.80 Å². The molecule has 2 heterocycles. The van der Waals surface area contributed by atoms with Gasteiger partial charge < -0.3 is 10.2 Å². The van der Waals surface area contributed by atoms with Crippen LogP contribution in [0.4, 0.5) is 5.69 Å². The van der Waals surface area contributed by atoms with Crippen LogP contribution in [0.5, 0.6) is 0 Å². The second-order valence-electron chi connectivity index (χ2n) is 5.99. The van der Waals surface area contributed by atoms with Crippen LogP contribution < -0.4 is 5.32 Å². The minimum absolute atomic E-state index is 0.231. The van der Waals surface area contributed by atoms with Gasteiger partial charge in [0.25, 0.3) is 17.7 Å². The zero-order valence-electron chi connectivity index (χ0n) is 13.7. The maximum atomic E-state index is 12.6. The Balaban J connectivity index is 1.81. The summed E-state index contributed by atoms with van der Waals surface area (Å²) >= 11 is 0. The van der Waals surface area contributed by atoms with Crippen molar-refractivity contribution in [3.05, 3.63) is 47.7 Å². The third-order valence-corrected chi connectivity index (χ3v) is 4.44. The van der Waals surface area contributed by atoms with Crippen LogP contribution in [-0.4, -0.2) is 46.5 Å². The number of hydrogen-bond acceptors (Lipinski definition) is 4. The number of rotatable bonds is 3. The summed E-state index contributed by atoms with van der Waals surface area (Å²) in [6, 6.07) is 4.34. The maximum absolute atomic E-state index is 12.6. The monoisotopic (exact) mass is 339 g/mol. The number of nitrogens with one attached hydrogen (secondary N) is 1. The topological polar surface area (TPSA) is 86.8 Å². The molecule has 0 saturated carbocycles. The van der Waals surface area contributed by atoms with Crippen LogP contribution in [0.2, 0.25) is 0 Å². The molecule has 1 aromatic carbocycles. The predicted molar refractivity (Wildman–Crippen MR) is 89.5 cm³/mol. The van der Waals surface area contributed by atoms with Gasteiger partial charge in [0.2, 0.25) is 5.91 Å². The highest BCUT2D eigenvalue weighted by atomic mass is 16.2. The highest BCUT2D eigenvalue weighted by Crippen LogP contribution is 2.30. The highest BCUT2D eigenvalue weighted by Gasteiger charge is 2.41. The van der Waals surface area contributed by atoms with Crippen LogP contribution in [0.1, 0.15) is 28.8 Å². The van der Waals surface area contributed by atoms with E-state index in [0.29, 0.717) is 17.7 Å². The van der Waals surface area contributed by atoms with Gasteiger partial charge in [-0.05, 0) is 30.2 Å². The molecule has 3 rings (SSSR count). The molecular weight excluding hydrogens is 322 g/mol. The Morgan fingerprint density at radius 1 is 1.36 bits per heavy atom. The second-order valence-corrected chi connectivity index (χ2v) is 5.99. The van der Waals surface area contributed by atoms with Crippen molar-refractivity contribution in [3.8, 4) is 0 Å². The van der Waals surface area contributed by atoms with Gasteiger partial charge in [-0.15, -0.1) is 5.73 Å². The summed E-state index contributed by atoms with van der Waals surface area (Å²) in [7, 11) is 1.44. The smallest absolute Gasteiger partial charge is 0.256 e. The van der Waals surface area contributed by atoms with Crippen LogP contribution >= 0.6 is 0 Å². The minimum Gasteiger partial charge on any atom is -0.322 e. The van der Waals surface area contributed by atoms with Crippen molar-refractivity contribution in [3.63, 3.8) is 0 Å². The fourth-order valence-electron chi connectivity index (χ4n) is 3.13. The fourth-order valence-corrected chi connectivity index (χ4v) is 3.13. The molecular formula is C18H17N3O4. The molecule has 1 saturated heterocycles. The molecule has 7 nitrogen and oxygen atoms in total. The number of imide groups is 1. The number of benzene rings is 1. The molecule has 1 aromatic rings. The number of likely N-dealkylation sites (tertiary alicyclic amines) is 1. The van der Waals surface area contributed by atoms with Crippen LogP contribution in [0.3, 0.4) is 0 Å². The largest absolute Gasteiger partial charge is 0.322 e. The molecule has 7 heteroatoms. The van der Waals surface area contributed by atoms with E-state index < -0.39 is 6.04 Å². The van der Waals surface area contributed by atoms with E-state index in [4.69, 9.17) is 0 Å². The van der Waals surface area contributed by atoms with Gasteiger partial charge >= 0.3 is 0 Å². The fraction of sp³-hybridized carbons (Fsp3) is 0.278. The average Bonchev–Trinajstić information content (AvgIpc) is 2.89. The van der Waals surface area contributed by atoms with E-state index in [9.17, 15) is 19.2 Å². The lowest BCUT2D eigenvalue weighted by Crippen LogP contribution is -2.53. The van der Waals surface area contributed by atoms with Gasteiger partial charge in [0, 0.05) is 37.3 Å². The first kappa shape index (κ1) is 16.7. The Morgan fingerprint density at radius 2 is 2.12 bits per heavy atom. The lowest BCUT2D eigenvalue weighted by molar-refractivity contribution is -0.150. The number of hydrogen-bond donors (Lipinski definition) is 1. The lowest BCUT2D eigenvalue weighted by atomic mass is 10.0. The molecule has 0 aromatic heterocycles. The van der Waals surface area contributed by atoms with E-state index in [2.05, 4.69) is 17.6 Å². The number of likely N-dealkylation sites (N-methyl/N-ethyl adjacent to an activating group) is 1. The molecule has 2 aliphatic rings. The van der Waals surface area contributed by atoms with E-state index in [0.717, 1.165) is 10.5 Å². The molecule has 128 valence electrons. The lowest BCUT2D eigenvalue weighted by Gasteiger charge is -2.33. The van der Waals surface area contributed by atoms with Gasteiger partial charge in [-0.2, -0.15) is 0 Å². The first-order valence-corrected chi connectivity index (χ1v) is 7.83. The number of fused-ring (bicyclic) bond motifs is 1. The highest BCUT2D eigenvalue weighted by molar-refractivity contribution is 6.06. The van der Waals surface area contributed by atoms with E-state index >= 15 is 0 Å². The summed E-state index contributed by atoms with van der Waals surface area (Å²) < 4.78 is 0. The van der Waals surface area contributed by atoms with Crippen molar-refractivity contribution in [2.75, 3.05) is 12.4 Å². The predicted octanol–water partition coefficient (Wildman–Crippen LogP) is 1.07. The Labute approximate surface area is 144 Å². The first-order chi connectivity index (χ1) is 11.9. The third-order valence-electron chi connectivity index (χ3n) is 4.44. The minimum atomic E-state index is -0.635. The Hall–Kier alpha value is -3.18. The number of carbonyl (C=O) groups is 4. The molecule has 1 fully saturated rings. The number of carbonyl (C=O) groups excluding carboxylic acids is 4. The van der Waals surface area contributed by atoms with Crippen LogP contribution in [0.15, 0.2) is 36.6 Å². The SMILES string of the molecule is C=C=CC(=O)Nc1ccc2c(c1)CN(C1CCC(=O)N(C)C1=O)C2=O. The first-order valence-electron chi connectivity index (χ1n) is 7.83. The molecule has 1 unspecified atom stereocenters. The molecule has 1 N–H and O–H groups in total. The number of piperidine rings is 1. The van der Waals surface area contributed by atoms with Gasteiger partial charge in [-0.1, -0.05) is 6.58 Å². The summed E-state index contributed by atoms with van der Waals surface area (Å²) in [4.78, 5) is 50.7. The van der Waals surface area contributed by atoms with E-state index in [1.807, 2.05) is 0 Å². The van der Waals surface area contributed by atoms with Gasteiger partial charge in [0.05, 0.1) is 0 Å². The van der Waals surface area contributed by atoms with Crippen molar-refractivity contribution < 1.29 is 19.2 Å². The summed E-state index contributed by atoms with van der Waals surface area (Å²) in [6.45, 7) is 3.61. The molecule has 0 radical (unpaired) electrons. The summed E-state index contributed by atoms with van der Waals surface area (Å²) in [5.41, 5.74) is 4.18. The summed E-state index contributed by atoms with van der Waals surface area (Å²) in [5.74, 6) is -1.19. The van der Waals surface area contributed by atoms with E-state index in [-0.39, 0.29) is 36.6 Å². The van der Waals surface area contributed by atoms with Gasteiger partial charge in [-0.25, -0.2) is 0 Å². The Kier molecular flexibility index (Phi) is 4.25. The van der Waals surface area contributed by atoms with Gasteiger partial charge in [0.1, 0.15) is 6.04 Å². The normalized spacial score (nSPS) is 19.6. The van der Waals surface area contributed by atoms with E-state index in [1.54, 1.807) is 18.2 Å². The molecule has 4 amide bonds. The summed E-state index contributed by atoms with van der Waals surface area (Å²) in [6.07, 6.45) is 1.75. The zero-order valence-corrected chi connectivity index (χ0v) is 13.7. The van der Waals surface area contributed by atoms with Gasteiger partial charge in [-0.3, -0.25) is 24.1 Å². The molecule has 1 atom stereocenters. The number of anilines is 1. The molecule has 0 spiro atoms. The quantitative estimate of drug-likeness (QED) is 0.507. The third kappa shape index (κ3) is 2.97. The molecule has 2 aliphatic heterocycles. The van der Waals surface area contributed by atoms with Crippen LogP contribution in [0.25, 0.3) is 0 Å². The van der Waals surface area contributed by atoms with Crippen molar-refractivity contribution in [2.24, 2.45) is 0 Å². The number of amides is 4. The molecule has 0 aliphatic carbocycles.